The van der Waals surface area contributed by atoms with Gasteiger partial charge in [0.05, 0.1) is 17.5 Å². The molecule has 3 aliphatic rings. The number of rotatable bonds is 7. The first kappa shape index (κ1) is 20.6. The van der Waals surface area contributed by atoms with Crippen molar-refractivity contribution >= 4 is 29.3 Å². The highest BCUT2D eigenvalue weighted by Gasteiger charge is 2.49. The van der Waals surface area contributed by atoms with Crippen LogP contribution in [0.4, 0.5) is 0 Å². The van der Waals surface area contributed by atoms with Crippen LogP contribution in [-0.2, 0) is 9.53 Å². The van der Waals surface area contributed by atoms with Crippen LogP contribution in [0.25, 0.3) is 0 Å². The zero-order valence-corrected chi connectivity index (χ0v) is 16.6. The lowest BCUT2D eigenvalue weighted by Gasteiger charge is -2.45. The van der Waals surface area contributed by atoms with E-state index >= 15 is 0 Å². The molecule has 5 N–H and O–H groups in total. The molecule has 0 aromatic rings. The smallest absolute Gasteiger partial charge is 0.237 e. The van der Waals surface area contributed by atoms with Gasteiger partial charge in [-0.25, -0.2) is 0 Å². The molecule has 0 spiro atoms. The molecular weight excluding hydrogens is 380 g/mol. The van der Waals surface area contributed by atoms with E-state index in [0.717, 1.165) is 18.9 Å². The number of ether oxygens (including phenoxy) is 1. The Hall–Kier alpha value is -0.0900. The van der Waals surface area contributed by atoms with Crippen molar-refractivity contribution in [2.24, 2.45) is 11.8 Å². The molecule has 7 nitrogen and oxygen atoms in total. The largest absolute Gasteiger partial charge is 0.388 e. The molecule has 3 rings (SSSR count). The van der Waals surface area contributed by atoms with Crippen LogP contribution in [0.15, 0.2) is 0 Å². The Balaban J connectivity index is 1.65. The maximum Gasteiger partial charge on any atom is 0.237 e. The molecule has 2 heterocycles. The Kier molecular flexibility index (Phi) is 6.75. The third-order valence-electron chi connectivity index (χ3n) is 5.68. The number of aliphatic hydroxyl groups is 3. The highest BCUT2D eigenvalue weighted by atomic mass is 35.5. The number of thioether (sulfide) groups is 1. The van der Waals surface area contributed by atoms with Gasteiger partial charge in [0, 0.05) is 6.54 Å². The summed E-state index contributed by atoms with van der Waals surface area (Å²) >= 11 is 7.52. The van der Waals surface area contributed by atoms with Crippen LogP contribution in [-0.4, -0.2) is 81.3 Å². The van der Waals surface area contributed by atoms with Gasteiger partial charge < -0.3 is 30.7 Å². The zero-order valence-electron chi connectivity index (χ0n) is 15.0. The average molecular weight is 409 g/mol. The van der Waals surface area contributed by atoms with Gasteiger partial charge in [0.2, 0.25) is 5.91 Å². The van der Waals surface area contributed by atoms with Crippen LogP contribution in [0.2, 0.25) is 0 Å². The third kappa shape index (κ3) is 4.32. The molecule has 26 heavy (non-hydrogen) atoms. The van der Waals surface area contributed by atoms with Crippen molar-refractivity contribution in [2.75, 3.05) is 12.8 Å². The Labute approximate surface area is 163 Å². The molecule has 9 heteroatoms. The number of amides is 1. The topological polar surface area (TPSA) is 111 Å². The maximum absolute atomic E-state index is 12.7. The minimum Gasteiger partial charge on any atom is -0.388 e. The first-order chi connectivity index (χ1) is 12.3. The molecule has 1 saturated carbocycles. The number of halogens is 1. The van der Waals surface area contributed by atoms with Crippen LogP contribution < -0.4 is 10.6 Å². The van der Waals surface area contributed by atoms with E-state index < -0.39 is 41.3 Å². The first-order valence-electron chi connectivity index (χ1n) is 9.23. The minimum atomic E-state index is -1.36. The fourth-order valence-corrected chi connectivity index (χ4v) is 4.67. The molecule has 0 bridgehead atoms. The van der Waals surface area contributed by atoms with Crippen LogP contribution in [0.5, 0.6) is 0 Å². The Morgan fingerprint density at radius 3 is 2.50 bits per heavy atom. The number of carbonyl (C=O) groups is 1. The highest BCUT2D eigenvalue weighted by Crippen LogP contribution is 2.38. The van der Waals surface area contributed by atoms with Gasteiger partial charge in [-0.1, -0.05) is 12.8 Å². The molecule has 9 atom stereocenters. The van der Waals surface area contributed by atoms with Gasteiger partial charge >= 0.3 is 0 Å². The van der Waals surface area contributed by atoms with E-state index in [1.165, 1.54) is 24.6 Å². The van der Waals surface area contributed by atoms with Crippen molar-refractivity contribution in [1.82, 2.24) is 10.6 Å². The second-order valence-corrected chi connectivity index (χ2v) is 9.34. The molecule has 2 aliphatic heterocycles. The van der Waals surface area contributed by atoms with Crippen molar-refractivity contribution in [2.45, 2.75) is 73.5 Å². The monoisotopic (exact) mass is 408 g/mol. The van der Waals surface area contributed by atoms with Gasteiger partial charge in [0.1, 0.15) is 29.9 Å². The number of aliphatic hydroxyl groups excluding tert-OH is 3. The second kappa shape index (κ2) is 8.51. The summed E-state index contributed by atoms with van der Waals surface area (Å²) in [6.45, 7) is 2.56. The van der Waals surface area contributed by atoms with Crippen LogP contribution in [0, 0.1) is 11.8 Å². The number of hydrogen-bond donors (Lipinski definition) is 5. The number of hydrogen-bond acceptors (Lipinski definition) is 7. The van der Waals surface area contributed by atoms with E-state index in [2.05, 4.69) is 10.6 Å². The zero-order chi connectivity index (χ0) is 19.0. The molecule has 2 saturated heterocycles. The maximum atomic E-state index is 12.7. The number of alkyl halides is 1. The lowest BCUT2D eigenvalue weighted by atomic mass is 9.85. The van der Waals surface area contributed by atoms with Crippen molar-refractivity contribution in [3.63, 3.8) is 0 Å². The van der Waals surface area contributed by atoms with Gasteiger partial charge in [-0.15, -0.1) is 23.4 Å². The molecule has 3 fully saturated rings. The second-order valence-electron chi connectivity index (χ2n) is 7.71. The summed E-state index contributed by atoms with van der Waals surface area (Å²) in [5.41, 5.74) is -0.697. The lowest BCUT2D eigenvalue weighted by molar-refractivity contribution is -0.205. The summed E-state index contributed by atoms with van der Waals surface area (Å²) in [5.74, 6) is 0.927. The Morgan fingerprint density at radius 1 is 1.31 bits per heavy atom. The van der Waals surface area contributed by atoms with E-state index in [9.17, 15) is 20.1 Å². The van der Waals surface area contributed by atoms with Gasteiger partial charge in [-0.05, 0) is 31.4 Å². The molecule has 1 amide bonds. The minimum absolute atomic E-state index is 0.156. The summed E-state index contributed by atoms with van der Waals surface area (Å²) < 4.78 is 5.77. The third-order valence-corrected chi connectivity index (χ3v) is 6.81. The standard InChI is InChI=1S/C17H29ClN2O5S/c1-7(18)10(15-13(22)12(21)14(23)17(25-15)26-2)20-16(24)11-9(6-19-11)5-8-3-4-8/h7-15,17,19,21-23H,3-6H2,1-2H3,(H,20,24)/t7?,9?,10?,11?,12-,13+,14+,15+,17+/m0/s1. The molecule has 0 aromatic carbocycles. The van der Waals surface area contributed by atoms with Crippen molar-refractivity contribution in [3.05, 3.63) is 0 Å². The van der Waals surface area contributed by atoms with E-state index in [1.807, 2.05) is 0 Å². The van der Waals surface area contributed by atoms with Crippen molar-refractivity contribution < 1.29 is 24.9 Å². The van der Waals surface area contributed by atoms with Gasteiger partial charge in [-0.2, -0.15) is 0 Å². The average Bonchev–Trinajstić information content (AvgIpc) is 3.39. The van der Waals surface area contributed by atoms with E-state index in [4.69, 9.17) is 16.3 Å². The van der Waals surface area contributed by atoms with Crippen LogP contribution in [0.3, 0.4) is 0 Å². The van der Waals surface area contributed by atoms with Crippen LogP contribution in [0.1, 0.15) is 26.2 Å². The number of nitrogens with one attached hydrogen (secondary N) is 2. The van der Waals surface area contributed by atoms with Gasteiger partial charge in [0.15, 0.2) is 0 Å². The first-order valence-corrected chi connectivity index (χ1v) is 11.0. The fraction of sp³-hybridized carbons (Fsp3) is 0.941. The Morgan fingerprint density at radius 2 is 2.00 bits per heavy atom. The Bertz CT molecular complexity index is 508. The lowest BCUT2D eigenvalue weighted by Crippen LogP contribution is -2.67. The van der Waals surface area contributed by atoms with E-state index in [-0.39, 0.29) is 11.9 Å². The summed E-state index contributed by atoms with van der Waals surface area (Å²) in [4.78, 5) is 12.7. The van der Waals surface area contributed by atoms with Crippen LogP contribution >= 0.6 is 23.4 Å². The summed E-state index contributed by atoms with van der Waals surface area (Å²) in [6.07, 6.45) is 0.526. The number of carbonyl (C=O) groups excluding carboxylic acids is 1. The summed E-state index contributed by atoms with van der Waals surface area (Å²) in [7, 11) is 0. The molecule has 150 valence electrons. The quantitative estimate of drug-likeness (QED) is 0.366. The summed E-state index contributed by atoms with van der Waals surface area (Å²) in [6, 6.07) is -0.930. The molecule has 0 radical (unpaired) electrons. The molecule has 1 aliphatic carbocycles. The molecular formula is C17H29ClN2O5S. The van der Waals surface area contributed by atoms with E-state index in [1.54, 1.807) is 13.2 Å². The highest BCUT2D eigenvalue weighted by molar-refractivity contribution is 7.99. The van der Waals surface area contributed by atoms with Gasteiger partial charge in [-0.3, -0.25) is 4.79 Å². The van der Waals surface area contributed by atoms with Crippen molar-refractivity contribution in [3.8, 4) is 0 Å². The summed E-state index contributed by atoms with van der Waals surface area (Å²) in [5, 5.41) is 36.1. The predicted molar refractivity (Wildman–Crippen MR) is 100 cm³/mol. The molecule has 4 unspecified atom stereocenters. The van der Waals surface area contributed by atoms with Crippen molar-refractivity contribution in [1.29, 1.82) is 0 Å². The predicted octanol–water partition coefficient (Wildman–Crippen LogP) is -0.343. The fourth-order valence-electron chi connectivity index (χ4n) is 3.79. The van der Waals surface area contributed by atoms with E-state index in [0.29, 0.717) is 5.92 Å². The van der Waals surface area contributed by atoms with Gasteiger partial charge in [0.25, 0.3) is 0 Å². The molecule has 0 aromatic heterocycles. The SMILES string of the molecule is CS[C@H]1O[C@H](C(NC(=O)C2NCC2CC2CC2)C(C)Cl)[C@H](O)[C@H](O)[C@H]1O. The normalized spacial score (nSPS) is 42.6.